The van der Waals surface area contributed by atoms with Crippen LogP contribution >= 0.6 is 23.5 Å². The standard InChI is InChI=1S/C13H15N3OS2/c1-3-18-13(12-10(17)5-4-6-14-12)15-9-11-16(2)7-8-19-11/h1,4-6,11,17H,7-9H2,2H3/t11-/m1/s1. The van der Waals surface area contributed by atoms with Gasteiger partial charge in [0.05, 0.1) is 11.9 Å². The molecular formula is C13H15N3OS2. The maximum atomic E-state index is 9.81. The van der Waals surface area contributed by atoms with Crippen LogP contribution in [0.4, 0.5) is 0 Å². The second kappa shape index (κ2) is 6.85. The first-order valence-corrected chi connectivity index (χ1v) is 7.72. The molecule has 2 heterocycles. The number of hydrogen-bond donors (Lipinski definition) is 1. The SMILES string of the molecule is C#CSC(=NC[C@H]1SCCN1C)c1ncccc1O. The summed E-state index contributed by atoms with van der Waals surface area (Å²) in [5.41, 5.74) is 0.455. The third kappa shape index (κ3) is 3.66. The normalized spacial score (nSPS) is 20.4. The second-order valence-electron chi connectivity index (χ2n) is 4.04. The Hall–Kier alpha value is -1.16. The number of pyridine rings is 1. The van der Waals surface area contributed by atoms with Gasteiger partial charge in [-0.3, -0.25) is 14.9 Å². The van der Waals surface area contributed by atoms with Crippen molar-refractivity contribution in [1.82, 2.24) is 9.88 Å². The van der Waals surface area contributed by atoms with Crippen molar-refractivity contribution in [3.63, 3.8) is 0 Å². The van der Waals surface area contributed by atoms with Gasteiger partial charge in [0.15, 0.2) is 0 Å². The molecule has 0 bridgehead atoms. The number of thioether (sulfide) groups is 2. The van der Waals surface area contributed by atoms with E-state index in [9.17, 15) is 5.11 Å². The van der Waals surface area contributed by atoms with Gasteiger partial charge >= 0.3 is 0 Å². The third-order valence-corrected chi connectivity index (χ3v) is 4.73. The average Bonchev–Trinajstić information content (AvgIpc) is 2.81. The molecule has 6 heteroatoms. The zero-order valence-electron chi connectivity index (χ0n) is 10.6. The predicted octanol–water partition coefficient (Wildman–Crippen LogP) is 1.86. The summed E-state index contributed by atoms with van der Waals surface area (Å²) in [6, 6.07) is 3.27. The summed E-state index contributed by atoms with van der Waals surface area (Å²) in [6.07, 6.45) is 6.96. The number of aromatic hydroxyl groups is 1. The summed E-state index contributed by atoms with van der Waals surface area (Å²) in [7, 11) is 2.09. The van der Waals surface area contributed by atoms with E-state index in [0.29, 0.717) is 22.7 Å². The van der Waals surface area contributed by atoms with Crippen molar-refractivity contribution >= 4 is 28.6 Å². The van der Waals surface area contributed by atoms with Crippen LogP contribution in [0.25, 0.3) is 0 Å². The summed E-state index contributed by atoms with van der Waals surface area (Å²) < 4.78 is 0. The van der Waals surface area contributed by atoms with Gasteiger partial charge in [-0.15, -0.1) is 18.2 Å². The Labute approximate surface area is 121 Å². The zero-order chi connectivity index (χ0) is 13.7. The lowest BCUT2D eigenvalue weighted by molar-refractivity contribution is 0.357. The Morgan fingerprint density at radius 3 is 3.26 bits per heavy atom. The van der Waals surface area contributed by atoms with Gasteiger partial charge in [0.1, 0.15) is 16.5 Å². The van der Waals surface area contributed by atoms with E-state index in [4.69, 9.17) is 6.42 Å². The number of aromatic nitrogens is 1. The van der Waals surface area contributed by atoms with Crippen molar-refractivity contribution in [2.24, 2.45) is 4.99 Å². The van der Waals surface area contributed by atoms with E-state index >= 15 is 0 Å². The van der Waals surface area contributed by atoms with E-state index in [-0.39, 0.29) is 5.75 Å². The molecule has 1 aliphatic rings. The molecule has 1 N–H and O–H groups in total. The van der Waals surface area contributed by atoms with Crippen molar-refractivity contribution in [1.29, 1.82) is 0 Å². The zero-order valence-corrected chi connectivity index (χ0v) is 12.2. The molecule has 19 heavy (non-hydrogen) atoms. The number of terminal acetylenes is 1. The Balaban J connectivity index is 2.16. The largest absolute Gasteiger partial charge is 0.506 e. The van der Waals surface area contributed by atoms with Crippen molar-refractivity contribution in [2.45, 2.75) is 5.37 Å². The van der Waals surface area contributed by atoms with Crippen LogP contribution < -0.4 is 0 Å². The first-order valence-electron chi connectivity index (χ1n) is 5.85. The lowest BCUT2D eigenvalue weighted by Gasteiger charge is -2.16. The van der Waals surface area contributed by atoms with Gasteiger partial charge in [-0.05, 0) is 36.2 Å². The van der Waals surface area contributed by atoms with Crippen LogP contribution in [0.3, 0.4) is 0 Å². The quantitative estimate of drug-likeness (QED) is 0.524. The molecule has 0 spiro atoms. The van der Waals surface area contributed by atoms with Gasteiger partial charge in [0, 0.05) is 18.5 Å². The molecule has 0 unspecified atom stereocenters. The van der Waals surface area contributed by atoms with Crippen LogP contribution in [0.2, 0.25) is 0 Å². The second-order valence-corrected chi connectivity index (χ2v) is 6.16. The number of likely N-dealkylation sites (N-methyl/N-ethyl adjacent to an activating group) is 1. The molecule has 100 valence electrons. The molecule has 1 aromatic rings. The molecule has 0 aromatic carbocycles. The van der Waals surface area contributed by atoms with Crippen LogP contribution in [0.15, 0.2) is 23.3 Å². The fraction of sp³-hybridized carbons (Fsp3) is 0.385. The topological polar surface area (TPSA) is 48.7 Å². The summed E-state index contributed by atoms with van der Waals surface area (Å²) in [6.45, 7) is 1.73. The number of aliphatic imine (C=N–C) groups is 1. The molecule has 1 saturated heterocycles. The van der Waals surface area contributed by atoms with E-state index in [2.05, 4.69) is 27.2 Å². The molecule has 1 aromatic heterocycles. The number of nitrogens with zero attached hydrogens (tertiary/aromatic N) is 3. The Morgan fingerprint density at radius 1 is 1.79 bits per heavy atom. The first kappa shape index (κ1) is 14.3. The van der Waals surface area contributed by atoms with E-state index in [1.165, 1.54) is 0 Å². The summed E-state index contributed by atoms with van der Waals surface area (Å²) in [5, 5.41) is 13.3. The highest BCUT2D eigenvalue weighted by Gasteiger charge is 2.21. The lowest BCUT2D eigenvalue weighted by Crippen LogP contribution is -2.26. The minimum atomic E-state index is 0.108. The van der Waals surface area contributed by atoms with Crippen LogP contribution in [-0.2, 0) is 0 Å². The van der Waals surface area contributed by atoms with Crippen molar-refractivity contribution in [3.05, 3.63) is 24.0 Å². The first-order chi connectivity index (χ1) is 9.22. The molecule has 1 aliphatic heterocycles. The molecule has 0 amide bonds. The van der Waals surface area contributed by atoms with E-state index in [1.807, 2.05) is 11.8 Å². The number of rotatable bonds is 3. The third-order valence-electron chi connectivity index (χ3n) is 2.78. The minimum absolute atomic E-state index is 0.108. The molecule has 1 atom stereocenters. The van der Waals surface area contributed by atoms with Gasteiger partial charge < -0.3 is 5.11 Å². The number of hydrogen-bond acceptors (Lipinski definition) is 6. The maximum absolute atomic E-state index is 9.81. The Bertz CT molecular complexity index is 513. The smallest absolute Gasteiger partial charge is 0.144 e. The average molecular weight is 293 g/mol. The Kier molecular flexibility index (Phi) is 5.14. The minimum Gasteiger partial charge on any atom is -0.506 e. The van der Waals surface area contributed by atoms with E-state index in [1.54, 1.807) is 18.3 Å². The molecule has 0 aliphatic carbocycles. The van der Waals surface area contributed by atoms with Gasteiger partial charge in [0.25, 0.3) is 0 Å². The molecule has 0 radical (unpaired) electrons. The van der Waals surface area contributed by atoms with Gasteiger partial charge in [-0.2, -0.15) is 0 Å². The molecule has 2 rings (SSSR count). The van der Waals surface area contributed by atoms with Crippen LogP contribution in [0.1, 0.15) is 5.69 Å². The summed E-state index contributed by atoms with van der Waals surface area (Å²) in [5.74, 6) is 1.24. The van der Waals surface area contributed by atoms with E-state index < -0.39 is 0 Å². The molecule has 0 saturated carbocycles. The van der Waals surface area contributed by atoms with Crippen LogP contribution in [-0.4, -0.2) is 51.3 Å². The molecular weight excluding hydrogens is 278 g/mol. The molecule has 4 nitrogen and oxygen atoms in total. The summed E-state index contributed by atoms with van der Waals surface area (Å²) >= 11 is 3.04. The van der Waals surface area contributed by atoms with Crippen LogP contribution in [0.5, 0.6) is 5.75 Å². The molecule has 1 fully saturated rings. The lowest BCUT2D eigenvalue weighted by atomic mass is 10.3. The van der Waals surface area contributed by atoms with E-state index in [0.717, 1.165) is 24.1 Å². The summed E-state index contributed by atoms with van der Waals surface area (Å²) in [4.78, 5) is 10.9. The van der Waals surface area contributed by atoms with Crippen LogP contribution in [0, 0.1) is 11.7 Å². The highest BCUT2D eigenvalue weighted by Crippen LogP contribution is 2.24. The predicted molar refractivity (Wildman–Crippen MR) is 82.6 cm³/mol. The monoisotopic (exact) mass is 293 g/mol. The maximum Gasteiger partial charge on any atom is 0.144 e. The van der Waals surface area contributed by atoms with Gasteiger partial charge in [-0.25, -0.2) is 0 Å². The van der Waals surface area contributed by atoms with Crippen molar-refractivity contribution < 1.29 is 5.11 Å². The van der Waals surface area contributed by atoms with Gasteiger partial charge in [0.2, 0.25) is 0 Å². The highest BCUT2D eigenvalue weighted by atomic mass is 32.2. The Morgan fingerprint density at radius 2 is 2.63 bits per heavy atom. The fourth-order valence-electron chi connectivity index (χ4n) is 1.73. The van der Waals surface area contributed by atoms with Gasteiger partial charge in [-0.1, -0.05) is 0 Å². The van der Waals surface area contributed by atoms with Crippen molar-refractivity contribution in [3.8, 4) is 17.4 Å². The fourth-order valence-corrected chi connectivity index (χ4v) is 3.44. The van der Waals surface area contributed by atoms with Crippen molar-refractivity contribution in [2.75, 3.05) is 25.9 Å². The highest BCUT2D eigenvalue weighted by molar-refractivity contribution is 8.18.